The first-order chi connectivity index (χ1) is 10.4. The summed E-state index contributed by atoms with van der Waals surface area (Å²) in [6.07, 6.45) is 2.19. The van der Waals surface area contributed by atoms with Crippen molar-refractivity contribution in [2.45, 2.75) is 50.2 Å². The van der Waals surface area contributed by atoms with Crippen molar-refractivity contribution in [1.82, 2.24) is 14.4 Å². The fourth-order valence-corrected chi connectivity index (χ4v) is 5.28. The number of nitrogens with zero attached hydrogens (tertiary/aromatic N) is 3. The Hall–Kier alpha value is -0.960. The molecule has 2 fully saturated rings. The lowest BCUT2D eigenvalue weighted by Crippen LogP contribution is -2.46. The topological polar surface area (TPSA) is 86.9 Å². The molecular formula is C14H23N3O4S. The molecular weight excluding hydrogens is 306 g/mol. The summed E-state index contributed by atoms with van der Waals surface area (Å²) in [5, 5.41) is 13.4. The summed E-state index contributed by atoms with van der Waals surface area (Å²) in [6, 6.07) is 0.369. The lowest BCUT2D eigenvalue weighted by Gasteiger charge is -2.35. The fraction of sp³-hybridized carbons (Fsp3) is 0.786. The molecule has 0 aromatic carbocycles. The number of sulfonamides is 1. The first-order valence-corrected chi connectivity index (χ1v) is 9.18. The van der Waals surface area contributed by atoms with Crippen LogP contribution in [-0.2, 0) is 10.0 Å². The molecule has 1 atom stereocenters. The van der Waals surface area contributed by atoms with E-state index in [4.69, 9.17) is 4.52 Å². The second kappa shape index (κ2) is 5.92. The zero-order chi connectivity index (χ0) is 15.9. The fourth-order valence-electron chi connectivity index (χ4n) is 3.52. The highest BCUT2D eigenvalue weighted by Gasteiger charge is 2.36. The van der Waals surface area contributed by atoms with Gasteiger partial charge < -0.3 is 9.63 Å². The van der Waals surface area contributed by atoms with Gasteiger partial charge in [0.1, 0.15) is 10.6 Å². The van der Waals surface area contributed by atoms with Crippen molar-refractivity contribution >= 4 is 10.0 Å². The van der Waals surface area contributed by atoms with Gasteiger partial charge in [-0.05, 0) is 33.1 Å². The van der Waals surface area contributed by atoms with E-state index in [1.165, 1.54) is 4.31 Å². The van der Waals surface area contributed by atoms with E-state index in [9.17, 15) is 13.5 Å². The molecule has 2 aliphatic rings. The van der Waals surface area contributed by atoms with E-state index in [-0.39, 0.29) is 11.0 Å². The van der Waals surface area contributed by atoms with Gasteiger partial charge >= 0.3 is 0 Å². The van der Waals surface area contributed by atoms with Gasteiger partial charge in [0.2, 0.25) is 10.0 Å². The lowest BCUT2D eigenvalue weighted by molar-refractivity contribution is 0.132. The first-order valence-electron chi connectivity index (χ1n) is 7.74. The van der Waals surface area contributed by atoms with Gasteiger partial charge in [-0.1, -0.05) is 5.16 Å². The average Bonchev–Trinajstić information content (AvgIpc) is 3.05. The number of hydrogen-bond acceptors (Lipinski definition) is 6. The van der Waals surface area contributed by atoms with Crippen molar-refractivity contribution in [2.75, 3.05) is 26.2 Å². The Kier molecular flexibility index (Phi) is 4.28. The van der Waals surface area contributed by atoms with Crippen LogP contribution in [0.15, 0.2) is 9.42 Å². The van der Waals surface area contributed by atoms with E-state index in [0.29, 0.717) is 37.1 Å². The molecule has 124 valence electrons. The van der Waals surface area contributed by atoms with Crippen LogP contribution in [0.3, 0.4) is 0 Å². The van der Waals surface area contributed by atoms with Gasteiger partial charge in [0, 0.05) is 32.2 Å². The molecule has 1 aromatic rings. The number of piperidine rings is 1. The van der Waals surface area contributed by atoms with Crippen molar-refractivity contribution in [2.24, 2.45) is 0 Å². The maximum Gasteiger partial charge on any atom is 0.248 e. The molecule has 7 nitrogen and oxygen atoms in total. The average molecular weight is 329 g/mol. The van der Waals surface area contributed by atoms with Gasteiger partial charge in [0.15, 0.2) is 5.76 Å². The maximum absolute atomic E-state index is 12.7. The van der Waals surface area contributed by atoms with Gasteiger partial charge in [0.25, 0.3) is 0 Å². The van der Waals surface area contributed by atoms with E-state index in [2.05, 4.69) is 10.1 Å². The highest BCUT2D eigenvalue weighted by molar-refractivity contribution is 7.89. The Morgan fingerprint density at radius 2 is 1.86 bits per heavy atom. The third-order valence-corrected chi connectivity index (χ3v) is 6.84. The van der Waals surface area contributed by atoms with Crippen LogP contribution in [0.2, 0.25) is 0 Å². The predicted octanol–water partition coefficient (Wildman–Crippen LogP) is 0.511. The molecule has 2 saturated heterocycles. The van der Waals surface area contributed by atoms with Crippen LogP contribution < -0.4 is 0 Å². The number of hydrogen-bond donors (Lipinski definition) is 1. The molecule has 0 spiro atoms. The smallest absolute Gasteiger partial charge is 0.248 e. The molecule has 0 bridgehead atoms. The van der Waals surface area contributed by atoms with Crippen LogP contribution in [0.1, 0.15) is 30.7 Å². The maximum atomic E-state index is 12.7. The monoisotopic (exact) mass is 329 g/mol. The molecule has 0 unspecified atom stereocenters. The van der Waals surface area contributed by atoms with Crippen LogP contribution in [0.5, 0.6) is 0 Å². The summed E-state index contributed by atoms with van der Waals surface area (Å²) in [5.74, 6) is 0.349. The molecule has 1 aromatic heterocycles. The van der Waals surface area contributed by atoms with Crippen LogP contribution in [-0.4, -0.2) is 66.2 Å². The van der Waals surface area contributed by atoms with Gasteiger partial charge in [-0.25, -0.2) is 8.42 Å². The summed E-state index contributed by atoms with van der Waals surface area (Å²) >= 11 is 0. The van der Waals surface area contributed by atoms with Crippen molar-refractivity contribution in [3.63, 3.8) is 0 Å². The Bertz CT molecular complexity index is 615. The second-order valence-corrected chi connectivity index (χ2v) is 8.10. The summed E-state index contributed by atoms with van der Waals surface area (Å²) in [5.41, 5.74) is 0.419. The van der Waals surface area contributed by atoms with Crippen molar-refractivity contribution in [3.05, 3.63) is 11.5 Å². The molecule has 0 radical (unpaired) electrons. The molecule has 0 amide bonds. The molecule has 2 aliphatic heterocycles. The minimum atomic E-state index is -3.53. The number of aryl methyl sites for hydroxylation is 2. The van der Waals surface area contributed by atoms with Gasteiger partial charge in [0.05, 0.1) is 6.10 Å². The zero-order valence-electron chi connectivity index (χ0n) is 13.0. The third-order valence-electron chi connectivity index (χ3n) is 4.70. The summed E-state index contributed by atoms with van der Waals surface area (Å²) in [7, 11) is -3.53. The van der Waals surface area contributed by atoms with Crippen LogP contribution in [0.4, 0.5) is 0 Å². The Labute approximate surface area is 130 Å². The largest absolute Gasteiger partial charge is 0.392 e. The number of aliphatic hydroxyl groups is 1. The quantitative estimate of drug-likeness (QED) is 0.869. The summed E-state index contributed by atoms with van der Waals surface area (Å²) < 4.78 is 32.0. The highest BCUT2D eigenvalue weighted by Crippen LogP contribution is 2.28. The van der Waals surface area contributed by atoms with Gasteiger partial charge in [-0.3, -0.25) is 4.90 Å². The number of aliphatic hydroxyl groups excluding tert-OH is 1. The molecule has 0 saturated carbocycles. The number of aromatic nitrogens is 1. The van der Waals surface area contributed by atoms with Crippen LogP contribution in [0, 0.1) is 13.8 Å². The van der Waals surface area contributed by atoms with Crippen LogP contribution >= 0.6 is 0 Å². The number of β-amino-alcohol motifs (C(OH)–C–C–N with tert-alkyl or cyclic N) is 1. The van der Waals surface area contributed by atoms with Crippen molar-refractivity contribution in [1.29, 1.82) is 0 Å². The summed E-state index contributed by atoms with van der Waals surface area (Å²) in [6.45, 7) is 5.91. The second-order valence-electron chi connectivity index (χ2n) is 6.23. The van der Waals surface area contributed by atoms with Gasteiger partial charge in [-0.15, -0.1) is 0 Å². The molecule has 0 aliphatic carbocycles. The molecule has 22 heavy (non-hydrogen) atoms. The summed E-state index contributed by atoms with van der Waals surface area (Å²) in [4.78, 5) is 2.49. The first kappa shape index (κ1) is 15.9. The molecule has 8 heteroatoms. The normalized spacial score (nSPS) is 25.9. The van der Waals surface area contributed by atoms with E-state index in [0.717, 1.165) is 25.8 Å². The minimum Gasteiger partial charge on any atom is -0.392 e. The van der Waals surface area contributed by atoms with E-state index < -0.39 is 10.0 Å². The Morgan fingerprint density at radius 3 is 2.36 bits per heavy atom. The van der Waals surface area contributed by atoms with Crippen LogP contribution in [0.25, 0.3) is 0 Å². The van der Waals surface area contributed by atoms with Crippen molar-refractivity contribution in [3.8, 4) is 0 Å². The van der Waals surface area contributed by atoms with Crippen molar-refractivity contribution < 1.29 is 18.0 Å². The number of rotatable bonds is 3. The zero-order valence-corrected chi connectivity index (χ0v) is 13.8. The van der Waals surface area contributed by atoms with E-state index in [1.54, 1.807) is 13.8 Å². The minimum absolute atomic E-state index is 0.211. The third kappa shape index (κ3) is 2.80. The van der Waals surface area contributed by atoms with E-state index in [1.807, 2.05) is 0 Å². The van der Waals surface area contributed by atoms with Gasteiger partial charge in [-0.2, -0.15) is 4.31 Å². The molecule has 1 N–H and O–H groups in total. The molecule has 3 rings (SSSR count). The Morgan fingerprint density at radius 1 is 1.18 bits per heavy atom. The highest BCUT2D eigenvalue weighted by atomic mass is 32.2. The standard InChI is InChI=1S/C14H23N3O4S/c1-10-14(11(2)21-15-10)22(19,20)17-7-3-12(4-8-17)16-6-5-13(18)9-16/h12-13,18H,3-9H2,1-2H3/t13-/m1/s1. The Balaban J connectivity index is 1.68. The molecule has 3 heterocycles. The lowest BCUT2D eigenvalue weighted by atomic mass is 10.1. The predicted molar refractivity (Wildman–Crippen MR) is 80.0 cm³/mol. The number of likely N-dealkylation sites (tertiary alicyclic amines) is 1. The van der Waals surface area contributed by atoms with E-state index >= 15 is 0 Å². The SMILES string of the molecule is Cc1noc(C)c1S(=O)(=O)N1CCC(N2CC[C@@H](O)C2)CC1.